The summed E-state index contributed by atoms with van der Waals surface area (Å²) in [5.74, 6) is 1.65. The fraction of sp³-hybridized carbons (Fsp3) is 0.294. The van der Waals surface area contributed by atoms with Gasteiger partial charge in [0.1, 0.15) is 18.1 Å². The maximum atomic E-state index is 5.74. The molecule has 2 aromatic carbocycles. The molecule has 0 aliphatic carbocycles. The molecule has 0 heterocycles. The zero-order chi connectivity index (χ0) is 14.2. The largest absolute Gasteiger partial charge is 0.497 e. The average molecular weight is 272 g/mol. The van der Waals surface area contributed by atoms with Gasteiger partial charge in [0, 0.05) is 0 Å². The van der Waals surface area contributed by atoms with Crippen LogP contribution in [-0.4, -0.2) is 19.8 Å². The van der Waals surface area contributed by atoms with E-state index in [1.807, 2.05) is 49.4 Å². The van der Waals surface area contributed by atoms with Gasteiger partial charge in [0.15, 0.2) is 0 Å². The molecular weight excluding hydrogens is 252 g/mol. The Balaban J connectivity index is 1.73. The monoisotopic (exact) mass is 272 g/mol. The molecule has 2 rings (SSSR count). The number of hydrogen-bond acceptors (Lipinski definition) is 3. The van der Waals surface area contributed by atoms with Crippen LogP contribution in [0.3, 0.4) is 0 Å². The average Bonchev–Trinajstić information content (AvgIpc) is 2.52. The normalized spacial score (nSPS) is 11.9. The van der Waals surface area contributed by atoms with Crippen LogP contribution in [0, 0.1) is 0 Å². The molecule has 1 atom stereocenters. The molecule has 3 heteroatoms. The summed E-state index contributed by atoms with van der Waals surface area (Å²) in [6.45, 7) is 3.14. The Hall–Kier alpha value is -2.00. The second-order valence-electron chi connectivity index (χ2n) is 4.59. The summed E-state index contributed by atoms with van der Waals surface area (Å²) in [6, 6.07) is 17.7. The van der Waals surface area contributed by atoms with Gasteiger partial charge in [-0.3, -0.25) is 0 Å². The van der Waals surface area contributed by atoms with E-state index < -0.39 is 0 Å². The van der Waals surface area contributed by atoms with Crippen molar-refractivity contribution in [2.45, 2.75) is 19.6 Å². The maximum Gasteiger partial charge on any atom is 0.119 e. The first-order valence-electron chi connectivity index (χ1n) is 6.70. The molecule has 2 aromatic rings. The first kappa shape index (κ1) is 14.4. The fourth-order valence-corrected chi connectivity index (χ4v) is 1.75. The van der Waals surface area contributed by atoms with Gasteiger partial charge in [-0.05, 0) is 36.8 Å². The van der Waals surface area contributed by atoms with Gasteiger partial charge >= 0.3 is 0 Å². The molecule has 0 spiro atoms. The molecular formula is C17H20O3. The molecule has 0 saturated carbocycles. The van der Waals surface area contributed by atoms with Crippen molar-refractivity contribution in [1.82, 2.24) is 0 Å². The van der Waals surface area contributed by atoms with E-state index in [4.69, 9.17) is 14.2 Å². The molecule has 0 aromatic heterocycles. The van der Waals surface area contributed by atoms with Gasteiger partial charge < -0.3 is 14.2 Å². The van der Waals surface area contributed by atoms with E-state index >= 15 is 0 Å². The lowest BCUT2D eigenvalue weighted by Gasteiger charge is -2.14. The minimum Gasteiger partial charge on any atom is -0.497 e. The van der Waals surface area contributed by atoms with E-state index in [0.29, 0.717) is 13.2 Å². The smallest absolute Gasteiger partial charge is 0.119 e. The van der Waals surface area contributed by atoms with Crippen molar-refractivity contribution >= 4 is 0 Å². The predicted molar refractivity (Wildman–Crippen MR) is 79.2 cm³/mol. The standard InChI is InChI=1S/C17H20O3/c1-14(19-13-15-6-4-3-5-7-15)12-20-17-10-8-16(18-2)9-11-17/h3-11,14H,12-13H2,1-2H3/t14-/m1/s1. The van der Waals surface area contributed by atoms with Crippen LogP contribution in [0.1, 0.15) is 12.5 Å². The molecule has 0 fully saturated rings. The molecule has 0 aliphatic heterocycles. The topological polar surface area (TPSA) is 27.7 Å². The van der Waals surface area contributed by atoms with E-state index in [-0.39, 0.29) is 6.10 Å². The van der Waals surface area contributed by atoms with Gasteiger partial charge in [-0.15, -0.1) is 0 Å². The summed E-state index contributed by atoms with van der Waals surface area (Å²) in [4.78, 5) is 0. The van der Waals surface area contributed by atoms with E-state index in [1.54, 1.807) is 7.11 Å². The minimum atomic E-state index is 0.0392. The van der Waals surface area contributed by atoms with E-state index in [2.05, 4.69) is 12.1 Å². The van der Waals surface area contributed by atoms with Crippen molar-refractivity contribution in [3.8, 4) is 11.5 Å². The Bertz CT molecular complexity index is 493. The molecule has 0 bridgehead atoms. The summed E-state index contributed by atoms with van der Waals surface area (Å²) in [7, 11) is 1.65. The Morgan fingerprint density at radius 2 is 1.55 bits per heavy atom. The number of hydrogen-bond donors (Lipinski definition) is 0. The lowest BCUT2D eigenvalue weighted by Crippen LogP contribution is -2.17. The van der Waals surface area contributed by atoms with E-state index in [1.165, 1.54) is 5.56 Å². The first-order valence-corrected chi connectivity index (χ1v) is 6.70. The van der Waals surface area contributed by atoms with Crippen LogP contribution in [0.5, 0.6) is 11.5 Å². The summed E-state index contributed by atoms with van der Waals surface area (Å²) < 4.78 is 16.5. The van der Waals surface area contributed by atoms with Crippen LogP contribution in [0.15, 0.2) is 54.6 Å². The van der Waals surface area contributed by atoms with E-state index in [0.717, 1.165) is 11.5 Å². The van der Waals surface area contributed by atoms with Crippen molar-refractivity contribution < 1.29 is 14.2 Å². The van der Waals surface area contributed by atoms with Crippen molar-refractivity contribution in [1.29, 1.82) is 0 Å². The Labute approximate surface area is 120 Å². The van der Waals surface area contributed by atoms with Crippen LogP contribution < -0.4 is 9.47 Å². The number of benzene rings is 2. The van der Waals surface area contributed by atoms with Gasteiger partial charge in [-0.2, -0.15) is 0 Å². The summed E-state index contributed by atoms with van der Waals surface area (Å²) in [5, 5.41) is 0. The zero-order valence-electron chi connectivity index (χ0n) is 11.9. The van der Waals surface area contributed by atoms with Crippen LogP contribution in [0.4, 0.5) is 0 Å². The molecule has 3 nitrogen and oxygen atoms in total. The highest BCUT2D eigenvalue weighted by atomic mass is 16.5. The fourth-order valence-electron chi connectivity index (χ4n) is 1.75. The first-order chi connectivity index (χ1) is 9.78. The highest BCUT2D eigenvalue weighted by molar-refractivity contribution is 5.31. The number of ether oxygens (including phenoxy) is 3. The van der Waals surface area contributed by atoms with E-state index in [9.17, 15) is 0 Å². The van der Waals surface area contributed by atoms with Gasteiger partial charge in [0.2, 0.25) is 0 Å². The molecule has 0 amide bonds. The lowest BCUT2D eigenvalue weighted by atomic mass is 10.2. The highest BCUT2D eigenvalue weighted by Crippen LogP contribution is 2.17. The molecule has 0 unspecified atom stereocenters. The molecule has 0 aliphatic rings. The van der Waals surface area contributed by atoms with Gasteiger partial charge in [-0.1, -0.05) is 30.3 Å². The SMILES string of the molecule is COc1ccc(OC[C@@H](C)OCc2ccccc2)cc1. The second kappa shape index (κ2) is 7.56. The Morgan fingerprint density at radius 1 is 0.900 bits per heavy atom. The summed E-state index contributed by atoms with van der Waals surface area (Å²) in [5.41, 5.74) is 1.17. The quantitative estimate of drug-likeness (QED) is 0.769. The third kappa shape index (κ3) is 4.59. The highest BCUT2D eigenvalue weighted by Gasteiger charge is 2.04. The van der Waals surface area contributed by atoms with Gasteiger partial charge in [-0.25, -0.2) is 0 Å². The van der Waals surface area contributed by atoms with Gasteiger partial charge in [0.05, 0.1) is 19.8 Å². The van der Waals surface area contributed by atoms with Crippen molar-refractivity contribution in [2.75, 3.05) is 13.7 Å². The van der Waals surface area contributed by atoms with Crippen LogP contribution in [0.2, 0.25) is 0 Å². The maximum absolute atomic E-state index is 5.74. The Kier molecular flexibility index (Phi) is 5.44. The van der Waals surface area contributed by atoms with Crippen LogP contribution in [-0.2, 0) is 11.3 Å². The number of rotatable bonds is 7. The molecule has 0 radical (unpaired) electrons. The molecule has 106 valence electrons. The molecule has 0 saturated heterocycles. The minimum absolute atomic E-state index is 0.0392. The summed E-state index contributed by atoms with van der Waals surface area (Å²) in [6.07, 6.45) is 0.0392. The third-order valence-electron chi connectivity index (χ3n) is 2.92. The van der Waals surface area contributed by atoms with Crippen LogP contribution in [0.25, 0.3) is 0 Å². The number of methoxy groups -OCH3 is 1. The van der Waals surface area contributed by atoms with Crippen LogP contribution >= 0.6 is 0 Å². The Morgan fingerprint density at radius 3 is 2.20 bits per heavy atom. The second-order valence-corrected chi connectivity index (χ2v) is 4.59. The molecule has 20 heavy (non-hydrogen) atoms. The van der Waals surface area contributed by atoms with Crippen molar-refractivity contribution in [2.24, 2.45) is 0 Å². The predicted octanol–water partition coefficient (Wildman–Crippen LogP) is 3.68. The zero-order valence-corrected chi connectivity index (χ0v) is 11.9. The molecule has 0 N–H and O–H groups in total. The third-order valence-corrected chi connectivity index (χ3v) is 2.92. The van der Waals surface area contributed by atoms with Crippen molar-refractivity contribution in [3.05, 3.63) is 60.2 Å². The summed E-state index contributed by atoms with van der Waals surface area (Å²) >= 11 is 0. The van der Waals surface area contributed by atoms with Crippen molar-refractivity contribution in [3.63, 3.8) is 0 Å². The van der Waals surface area contributed by atoms with Gasteiger partial charge in [0.25, 0.3) is 0 Å². The lowest BCUT2D eigenvalue weighted by molar-refractivity contribution is 0.0214.